The summed E-state index contributed by atoms with van der Waals surface area (Å²) < 4.78 is 0. The van der Waals surface area contributed by atoms with Gasteiger partial charge in [0.15, 0.2) is 0 Å². The SMILES string of the molecule is O=C(Cc1ccc(Cl)cc1)NCCc1cccs1. The summed E-state index contributed by atoms with van der Waals surface area (Å²) in [5.41, 5.74) is 0.980. The third-order valence-electron chi connectivity index (χ3n) is 2.55. The van der Waals surface area contributed by atoms with Crippen molar-refractivity contribution in [3.05, 3.63) is 57.2 Å². The van der Waals surface area contributed by atoms with Crippen LogP contribution in [-0.2, 0) is 17.6 Å². The van der Waals surface area contributed by atoms with Crippen molar-refractivity contribution >= 4 is 28.8 Å². The van der Waals surface area contributed by atoms with Crippen LogP contribution in [0.4, 0.5) is 0 Å². The molecule has 1 aromatic heterocycles. The highest BCUT2D eigenvalue weighted by Crippen LogP contribution is 2.10. The largest absolute Gasteiger partial charge is 0.355 e. The number of benzene rings is 1. The second kappa shape index (κ2) is 6.57. The van der Waals surface area contributed by atoms with E-state index >= 15 is 0 Å². The lowest BCUT2D eigenvalue weighted by Gasteiger charge is -2.04. The van der Waals surface area contributed by atoms with E-state index in [2.05, 4.69) is 11.4 Å². The summed E-state index contributed by atoms with van der Waals surface area (Å²) in [4.78, 5) is 13.0. The Hall–Kier alpha value is -1.32. The van der Waals surface area contributed by atoms with Crippen molar-refractivity contribution in [3.63, 3.8) is 0 Å². The molecule has 0 saturated carbocycles. The Kier molecular flexibility index (Phi) is 4.79. The molecule has 0 aliphatic heterocycles. The van der Waals surface area contributed by atoms with Crippen molar-refractivity contribution in [2.45, 2.75) is 12.8 Å². The van der Waals surface area contributed by atoms with Gasteiger partial charge in [0.2, 0.25) is 5.91 Å². The van der Waals surface area contributed by atoms with Gasteiger partial charge in [0.25, 0.3) is 0 Å². The Morgan fingerprint density at radius 3 is 2.67 bits per heavy atom. The van der Waals surface area contributed by atoms with Crippen LogP contribution in [0.3, 0.4) is 0 Å². The van der Waals surface area contributed by atoms with Gasteiger partial charge in [-0.15, -0.1) is 11.3 Å². The van der Waals surface area contributed by atoms with Gasteiger partial charge in [-0.05, 0) is 35.6 Å². The van der Waals surface area contributed by atoms with E-state index < -0.39 is 0 Å². The normalized spacial score (nSPS) is 10.3. The molecule has 0 saturated heterocycles. The molecule has 0 unspecified atom stereocenters. The molecule has 2 aromatic rings. The molecule has 0 spiro atoms. The molecule has 1 heterocycles. The molecule has 2 nitrogen and oxygen atoms in total. The number of nitrogens with one attached hydrogen (secondary N) is 1. The fourth-order valence-electron chi connectivity index (χ4n) is 1.63. The van der Waals surface area contributed by atoms with E-state index in [1.54, 1.807) is 23.5 Å². The smallest absolute Gasteiger partial charge is 0.224 e. The van der Waals surface area contributed by atoms with Gasteiger partial charge >= 0.3 is 0 Å². The molecule has 94 valence electrons. The second-order valence-corrected chi connectivity index (χ2v) is 5.45. The quantitative estimate of drug-likeness (QED) is 0.894. The third-order valence-corrected chi connectivity index (χ3v) is 3.74. The van der Waals surface area contributed by atoms with Crippen molar-refractivity contribution in [1.29, 1.82) is 0 Å². The van der Waals surface area contributed by atoms with Gasteiger partial charge in [-0.25, -0.2) is 0 Å². The number of carbonyl (C=O) groups is 1. The van der Waals surface area contributed by atoms with E-state index in [0.29, 0.717) is 18.0 Å². The maximum absolute atomic E-state index is 11.7. The average molecular weight is 280 g/mol. The van der Waals surface area contributed by atoms with Gasteiger partial charge in [0.05, 0.1) is 6.42 Å². The number of amides is 1. The molecule has 0 aliphatic carbocycles. The first kappa shape index (κ1) is 13.1. The highest BCUT2D eigenvalue weighted by Gasteiger charge is 2.03. The molecule has 1 amide bonds. The fraction of sp³-hybridized carbons (Fsp3) is 0.214. The van der Waals surface area contributed by atoms with Crippen LogP contribution in [-0.4, -0.2) is 12.5 Å². The lowest BCUT2D eigenvalue weighted by Crippen LogP contribution is -2.27. The van der Waals surface area contributed by atoms with Crippen LogP contribution in [0, 0.1) is 0 Å². The van der Waals surface area contributed by atoms with Crippen molar-refractivity contribution in [2.75, 3.05) is 6.54 Å². The van der Waals surface area contributed by atoms with Crippen molar-refractivity contribution < 1.29 is 4.79 Å². The van der Waals surface area contributed by atoms with E-state index in [1.165, 1.54) is 4.88 Å². The van der Waals surface area contributed by atoms with Gasteiger partial charge in [-0.1, -0.05) is 29.8 Å². The molecule has 0 radical (unpaired) electrons. The minimum atomic E-state index is 0.0499. The number of hydrogen-bond acceptors (Lipinski definition) is 2. The second-order valence-electron chi connectivity index (χ2n) is 3.98. The summed E-state index contributed by atoms with van der Waals surface area (Å²) >= 11 is 7.50. The summed E-state index contributed by atoms with van der Waals surface area (Å²) in [7, 11) is 0. The highest BCUT2D eigenvalue weighted by molar-refractivity contribution is 7.09. The molecule has 1 aromatic carbocycles. The Balaban J connectivity index is 1.73. The lowest BCUT2D eigenvalue weighted by molar-refractivity contribution is -0.120. The van der Waals surface area contributed by atoms with E-state index in [9.17, 15) is 4.79 Å². The Morgan fingerprint density at radius 2 is 2.00 bits per heavy atom. The summed E-state index contributed by atoms with van der Waals surface area (Å²) in [6.07, 6.45) is 1.30. The fourth-order valence-corrected chi connectivity index (χ4v) is 2.47. The standard InChI is InChI=1S/C14H14ClNOS/c15-12-5-3-11(4-6-12)10-14(17)16-8-7-13-2-1-9-18-13/h1-6,9H,7-8,10H2,(H,16,17). The van der Waals surface area contributed by atoms with E-state index in [0.717, 1.165) is 12.0 Å². The lowest BCUT2D eigenvalue weighted by atomic mass is 10.1. The minimum Gasteiger partial charge on any atom is -0.355 e. The zero-order chi connectivity index (χ0) is 12.8. The molecular weight excluding hydrogens is 266 g/mol. The van der Waals surface area contributed by atoms with Gasteiger partial charge in [0.1, 0.15) is 0 Å². The molecule has 0 fully saturated rings. The number of rotatable bonds is 5. The van der Waals surface area contributed by atoms with E-state index in [1.807, 2.05) is 23.6 Å². The maximum atomic E-state index is 11.7. The van der Waals surface area contributed by atoms with Crippen LogP contribution >= 0.6 is 22.9 Å². The molecular formula is C14H14ClNOS. The first-order valence-electron chi connectivity index (χ1n) is 5.77. The zero-order valence-corrected chi connectivity index (χ0v) is 11.4. The molecule has 18 heavy (non-hydrogen) atoms. The summed E-state index contributed by atoms with van der Waals surface area (Å²) in [6.45, 7) is 0.687. The van der Waals surface area contributed by atoms with Gasteiger partial charge in [0, 0.05) is 16.4 Å². The first-order valence-corrected chi connectivity index (χ1v) is 7.03. The van der Waals surface area contributed by atoms with Gasteiger partial charge < -0.3 is 5.32 Å². The van der Waals surface area contributed by atoms with Crippen molar-refractivity contribution in [3.8, 4) is 0 Å². The van der Waals surface area contributed by atoms with Crippen LogP contribution in [0.1, 0.15) is 10.4 Å². The zero-order valence-electron chi connectivity index (χ0n) is 9.86. The van der Waals surface area contributed by atoms with Crippen molar-refractivity contribution in [2.24, 2.45) is 0 Å². The molecule has 2 rings (SSSR count). The maximum Gasteiger partial charge on any atom is 0.224 e. The summed E-state index contributed by atoms with van der Waals surface area (Å²) in [6, 6.07) is 11.5. The van der Waals surface area contributed by atoms with Gasteiger partial charge in [-0.3, -0.25) is 4.79 Å². The van der Waals surface area contributed by atoms with E-state index in [-0.39, 0.29) is 5.91 Å². The Labute approximate surface area is 116 Å². The average Bonchev–Trinajstić information content (AvgIpc) is 2.85. The number of hydrogen-bond donors (Lipinski definition) is 1. The van der Waals surface area contributed by atoms with Crippen LogP contribution in [0.25, 0.3) is 0 Å². The first-order chi connectivity index (χ1) is 8.74. The number of thiophene rings is 1. The minimum absolute atomic E-state index is 0.0499. The Morgan fingerprint density at radius 1 is 1.22 bits per heavy atom. The third kappa shape index (κ3) is 4.17. The predicted octanol–water partition coefficient (Wildman–Crippen LogP) is 3.30. The topological polar surface area (TPSA) is 29.1 Å². The summed E-state index contributed by atoms with van der Waals surface area (Å²) in [5.74, 6) is 0.0499. The van der Waals surface area contributed by atoms with Crippen molar-refractivity contribution in [1.82, 2.24) is 5.32 Å². The predicted molar refractivity (Wildman–Crippen MR) is 76.2 cm³/mol. The molecule has 0 aliphatic rings. The van der Waals surface area contributed by atoms with Crippen LogP contribution < -0.4 is 5.32 Å². The molecule has 4 heteroatoms. The van der Waals surface area contributed by atoms with Crippen LogP contribution in [0.15, 0.2) is 41.8 Å². The number of halogens is 1. The molecule has 1 N–H and O–H groups in total. The van der Waals surface area contributed by atoms with E-state index in [4.69, 9.17) is 11.6 Å². The molecule has 0 atom stereocenters. The highest BCUT2D eigenvalue weighted by atomic mass is 35.5. The van der Waals surface area contributed by atoms with Crippen LogP contribution in [0.2, 0.25) is 5.02 Å². The number of carbonyl (C=O) groups excluding carboxylic acids is 1. The van der Waals surface area contributed by atoms with Gasteiger partial charge in [-0.2, -0.15) is 0 Å². The molecule has 0 bridgehead atoms. The summed E-state index contributed by atoms with van der Waals surface area (Å²) in [5, 5.41) is 5.66. The monoisotopic (exact) mass is 279 g/mol. The van der Waals surface area contributed by atoms with Crippen LogP contribution in [0.5, 0.6) is 0 Å². The Bertz CT molecular complexity index is 493.